The number of likely N-dealkylation sites (N-methyl/N-ethyl adjacent to an activating group) is 1. The molecule has 0 amide bonds. The topological polar surface area (TPSA) is 78.4 Å². The van der Waals surface area contributed by atoms with Crippen LogP contribution in [0.15, 0.2) is 12.4 Å². The third-order valence-electron chi connectivity index (χ3n) is 1.91. The zero-order valence-electron chi connectivity index (χ0n) is 10.6. The number of carbonyl (C=O) groups is 1. The number of rotatable bonds is 4. The lowest BCUT2D eigenvalue weighted by molar-refractivity contribution is -0.135. The predicted octanol–water partition coefficient (Wildman–Crippen LogP) is 1.21. The van der Waals surface area contributed by atoms with Gasteiger partial charge in [-0.25, -0.2) is 9.97 Å². The lowest BCUT2D eigenvalue weighted by Crippen LogP contribution is -2.31. The van der Waals surface area contributed by atoms with Gasteiger partial charge in [0.05, 0.1) is 0 Å². The molecule has 2 N–H and O–H groups in total. The van der Waals surface area contributed by atoms with Crippen LogP contribution in [0, 0.1) is 0 Å². The smallest absolute Gasteiger partial charge is 0.323 e. The fraction of sp³-hybridized carbons (Fsp3) is 0.545. The van der Waals surface area contributed by atoms with Crippen molar-refractivity contribution in [2.75, 3.05) is 23.8 Å². The molecule has 1 aromatic heterocycles. The van der Waals surface area contributed by atoms with Crippen LogP contribution >= 0.6 is 0 Å². The molecule has 6 heteroatoms. The first-order chi connectivity index (χ1) is 7.79. The molecular weight excluding hydrogens is 220 g/mol. The van der Waals surface area contributed by atoms with Crippen molar-refractivity contribution in [2.45, 2.75) is 26.3 Å². The highest BCUT2D eigenvalue weighted by molar-refractivity contribution is 5.75. The van der Waals surface area contributed by atoms with E-state index in [2.05, 4.69) is 15.3 Å². The average Bonchev–Trinajstić information content (AvgIpc) is 2.14. The van der Waals surface area contributed by atoms with Gasteiger partial charge in [0.25, 0.3) is 0 Å². The molecule has 0 aliphatic heterocycles. The highest BCUT2D eigenvalue weighted by atomic mass is 16.4. The summed E-state index contributed by atoms with van der Waals surface area (Å²) < 4.78 is 0. The van der Waals surface area contributed by atoms with Crippen molar-refractivity contribution in [1.82, 2.24) is 9.97 Å². The van der Waals surface area contributed by atoms with Crippen molar-refractivity contribution in [3.05, 3.63) is 12.4 Å². The number of hydrogen-bond acceptors (Lipinski definition) is 5. The van der Waals surface area contributed by atoms with Gasteiger partial charge in [0.15, 0.2) is 11.6 Å². The van der Waals surface area contributed by atoms with E-state index in [0.717, 1.165) is 0 Å². The summed E-state index contributed by atoms with van der Waals surface area (Å²) in [6.45, 7) is 5.89. The number of aromatic nitrogens is 2. The number of anilines is 2. The van der Waals surface area contributed by atoms with Gasteiger partial charge >= 0.3 is 5.97 Å². The van der Waals surface area contributed by atoms with E-state index >= 15 is 0 Å². The molecule has 1 heterocycles. The maximum Gasteiger partial charge on any atom is 0.323 e. The van der Waals surface area contributed by atoms with Gasteiger partial charge < -0.3 is 15.3 Å². The van der Waals surface area contributed by atoms with E-state index in [1.54, 1.807) is 24.3 Å². The van der Waals surface area contributed by atoms with E-state index in [4.69, 9.17) is 5.11 Å². The molecule has 0 saturated heterocycles. The van der Waals surface area contributed by atoms with E-state index in [0.29, 0.717) is 11.6 Å². The second-order valence-electron chi connectivity index (χ2n) is 4.85. The molecule has 0 radical (unpaired) electrons. The highest BCUT2D eigenvalue weighted by Gasteiger charge is 2.17. The molecule has 6 nitrogen and oxygen atoms in total. The van der Waals surface area contributed by atoms with Crippen LogP contribution in [0.4, 0.5) is 11.6 Å². The van der Waals surface area contributed by atoms with E-state index < -0.39 is 5.97 Å². The second-order valence-corrected chi connectivity index (χ2v) is 4.85. The minimum Gasteiger partial charge on any atom is -0.480 e. The highest BCUT2D eigenvalue weighted by Crippen LogP contribution is 2.21. The average molecular weight is 238 g/mol. The summed E-state index contributed by atoms with van der Waals surface area (Å²) in [7, 11) is 1.67. The van der Waals surface area contributed by atoms with Gasteiger partial charge in [-0.1, -0.05) is 0 Å². The number of carboxylic acid groups (broad SMARTS) is 1. The third-order valence-corrected chi connectivity index (χ3v) is 1.91. The molecule has 0 aliphatic rings. The maximum absolute atomic E-state index is 10.7. The van der Waals surface area contributed by atoms with Gasteiger partial charge in [-0.3, -0.25) is 4.79 Å². The number of nitrogens with zero attached hydrogens (tertiary/aromatic N) is 3. The Bertz CT molecular complexity index is 401. The number of carboxylic acids is 1. The first-order valence-corrected chi connectivity index (χ1v) is 5.32. The molecule has 94 valence electrons. The summed E-state index contributed by atoms with van der Waals surface area (Å²) in [6, 6.07) is 0. The SMILES string of the molecule is CN(CC(=O)O)c1nccnc1NC(C)(C)C. The van der Waals surface area contributed by atoms with Crippen LogP contribution in [0.1, 0.15) is 20.8 Å². The van der Waals surface area contributed by atoms with Crippen LogP contribution < -0.4 is 10.2 Å². The largest absolute Gasteiger partial charge is 0.480 e. The molecule has 0 aromatic carbocycles. The maximum atomic E-state index is 10.7. The molecule has 0 spiro atoms. The van der Waals surface area contributed by atoms with Crippen LogP contribution in [0.5, 0.6) is 0 Å². The van der Waals surface area contributed by atoms with E-state index in [1.807, 2.05) is 20.8 Å². The van der Waals surface area contributed by atoms with Crippen molar-refractivity contribution < 1.29 is 9.90 Å². The van der Waals surface area contributed by atoms with Crippen molar-refractivity contribution in [3.63, 3.8) is 0 Å². The van der Waals surface area contributed by atoms with Gasteiger partial charge in [0, 0.05) is 25.0 Å². The molecule has 0 atom stereocenters. The Morgan fingerprint density at radius 3 is 2.53 bits per heavy atom. The summed E-state index contributed by atoms with van der Waals surface area (Å²) >= 11 is 0. The van der Waals surface area contributed by atoms with Crippen LogP contribution in [0.25, 0.3) is 0 Å². The first kappa shape index (κ1) is 13.2. The van der Waals surface area contributed by atoms with Crippen molar-refractivity contribution >= 4 is 17.6 Å². The molecule has 0 aliphatic carbocycles. The Labute approximate surface area is 101 Å². The zero-order valence-corrected chi connectivity index (χ0v) is 10.6. The van der Waals surface area contributed by atoms with Crippen LogP contribution in [0.3, 0.4) is 0 Å². The van der Waals surface area contributed by atoms with E-state index in [1.165, 1.54) is 0 Å². The van der Waals surface area contributed by atoms with E-state index in [9.17, 15) is 4.79 Å². The van der Waals surface area contributed by atoms with Gasteiger partial charge in [0.1, 0.15) is 6.54 Å². The second kappa shape index (κ2) is 4.99. The summed E-state index contributed by atoms with van der Waals surface area (Å²) in [5.74, 6) is 0.216. The molecule has 0 bridgehead atoms. The molecular formula is C11H18N4O2. The lowest BCUT2D eigenvalue weighted by atomic mass is 10.1. The summed E-state index contributed by atoms with van der Waals surface area (Å²) in [6.07, 6.45) is 3.12. The van der Waals surface area contributed by atoms with Crippen molar-refractivity contribution in [1.29, 1.82) is 0 Å². The summed E-state index contributed by atoms with van der Waals surface area (Å²) in [5, 5.41) is 12.0. The Hall–Kier alpha value is -1.85. The van der Waals surface area contributed by atoms with Crippen molar-refractivity contribution in [3.8, 4) is 0 Å². The third kappa shape index (κ3) is 4.26. The minimum atomic E-state index is -0.903. The fourth-order valence-corrected chi connectivity index (χ4v) is 1.33. The number of aliphatic carboxylic acids is 1. The molecule has 0 saturated carbocycles. The van der Waals surface area contributed by atoms with Gasteiger partial charge in [-0.2, -0.15) is 0 Å². The van der Waals surface area contributed by atoms with Crippen LogP contribution in [-0.2, 0) is 4.79 Å². The van der Waals surface area contributed by atoms with Crippen LogP contribution in [0.2, 0.25) is 0 Å². The van der Waals surface area contributed by atoms with E-state index in [-0.39, 0.29) is 12.1 Å². The van der Waals surface area contributed by atoms with Gasteiger partial charge in [-0.15, -0.1) is 0 Å². The fourth-order valence-electron chi connectivity index (χ4n) is 1.33. The number of hydrogen-bond donors (Lipinski definition) is 2. The Morgan fingerprint density at radius 1 is 1.41 bits per heavy atom. The molecule has 17 heavy (non-hydrogen) atoms. The quantitative estimate of drug-likeness (QED) is 0.820. The van der Waals surface area contributed by atoms with Crippen molar-refractivity contribution in [2.24, 2.45) is 0 Å². The molecule has 1 rings (SSSR count). The van der Waals surface area contributed by atoms with Crippen LogP contribution in [-0.4, -0.2) is 40.2 Å². The molecule has 0 unspecified atom stereocenters. The van der Waals surface area contributed by atoms with Gasteiger partial charge in [-0.05, 0) is 20.8 Å². The Morgan fingerprint density at radius 2 is 2.00 bits per heavy atom. The zero-order chi connectivity index (χ0) is 13.1. The Balaban J connectivity index is 2.95. The number of nitrogens with one attached hydrogen (secondary N) is 1. The first-order valence-electron chi connectivity index (χ1n) is 5.32. The summed E-state index contributed by atoms with van der Waals surface area (Å²) in [5.41, 5.74) is -0.158. The minimum absolute atomic E-state index is 0.114. The normalized spacial score (nSPS) is 11.1. The summed E-state index contributed by atoms with van der Waals surface area (Å²) in [4.78, 5) is 20.6. The molecule has 0 fully saturated rings. The predicted molar refractivity (Wildman–Crippen MR) is 66.3 cm³/mol. The van der Waals surface area contributed by atoms with Gasteiger partial charge in [0.2, 0.25) is 0 Å². The molecule has 1 aromatic rings. The standard InChI is InChI=1S/C11H18N4O2/c1-11(2,3)14-9-10(13-6-5-12-9)15(4)7-8(16)17/h5-6H,7H2,1-4H3,(H,12,14)(H,16,17). The Kier molecular flexibility index (Phi) is 3.88. The monoisotopic (exact) mass is 238 g/mol. The lowest BCUT2D eigenvalue weighted by Gasteiger charge is -2.25.